The summed E-state index contributed by atoms with van der Waals surface area (Å²) >= 11 is 0. The molecular formula is C10H10N2O. The standard InChI is InChI=1S/C10H10N2O/c11-6-1-7-12-10-4-2-9(8-13)3-5-10/h1-8H,11H2. The number of rotatable bonds is 3. The molecule has 0 saturated heterocycles. The van der Waals surface area contributed by atoms with Gasteiger partial charge in [-0.25, -0.2) is 0 Å². The van der Waals surface area contributed by atoms with E-state index in [-0.39, 0.29) is 0 Å². The van der Waals surface area contributed by atoms with Crippen LogP contribution in [-0.4, -0.2) is 12.5 Å². The Morgan fingerprint density at radius 1 is 1.23 bits per heavy atom. The summed E-state index contributed by atoms with van der Waals surface area (Å²) in [6, 6.07) is 6.97. The van der Waals surface area contributed by atoms with Crippen LogP contribution in [0.15, 0.2) is 41.5 Å². The smallest absolute Gasteiger partial charge is 0.150 e. The summed E-state index contributed by atoms with van der Waals surface area (Å²) in [5.74, 6) is 0. The van der Waals surface area contributed by atoms with Crippen LogP contribution >= 0.6 is 0 Å². The number of nitrogens with two attached hydrogens (primary N) is 1. The number of hydrogen-bond donors (Lipinski definition) is 1. The molecule has 0 unspecified atom stereocenters. The van der Waals surface area contributed by atoms with Crippen molar-refractivity contribution in [2.45, 2.75) is 0 Å². The number of aldehydes is 1. The first-order valence-corrected chi connectivity index (χ1v) is 3.83. The fraction of sp³-hybridized carbons (Fsp3) is 0. The zero-order valence-electron chi connectivity index (χ0n) is 7.05. The number of aliphatic imine (C=N–C) groups is 1. The monoisotopic (exact) mass is 174 g/mol. The zero-order chi connectivity index (χ0) is 9.52. The highest BCUT2D eigenvalue weighted by Crippen LogP contribution is 2.10. The Morgan fingerprint density at radius 3 is 2.46 bits per heavy atom. The van der Waals surface area contributed by atoms with E-state index in [0.717, 1.165) is 12.0 Å². The van der Waals surface area contributed by atoms with E-state index in [9.17, 15) is 4.79 Å². The summed E-state index contributed by atoms with van der Waals surface area (Å²) in [6.07, 6.45) is 5.43. The third-order valence-electron chi connectivity index (χ3n) is 1.45. The molecule has 1 aromatic rings. The molecule has 66 valence electrons. The lowest BCUT2D eigenvalue weighted by molar-refractivity contribution is 0.112. The quantitative estimate of drug-likeness (QED) is 0.559. The van der Waals surface area contributed by atoms with Crippen LogP contribution in [0.2, 0.25) is 0 Å². The highest BCUT2D eigenvalue weighted by atomic mass is 16.1. The van der Waals surface area contributed by atoms with E-state index >= 15 is 0 Å². The number of nitrogens with zero attached hydrogens (tertiary/aromatic N) is 1. The van der Waals surface area contributed by atoms with Crippen molar-refractivity contribution in [2.24, 2.45) is 10.7 Å². The molecule has 3 nitrogen and oxygen atoms in total. The highest BCUT2D eigenvalue weighted by Gasteiger charge is 1.88. The molecule has 13 heavy (non-hydrogen) atoms. The van der Waals surface area contributed by atoms with Gasteiger partial charge < -0.3 is 5.73 Å². The molecule has 0 aliphatic carbocycles. The summed E-state index contributed by atoms with van der Waals surface area (Å²) in [7, 11) is 0. The van der Waals surface area contributed by atoms with E-state index in [1.807, 2.05) is 0 Å². The van der Waals surface area contributed by atoms with Crippen LogP contribution < -0.4 is 5.73 Å². The van der Waals surface area contributed by atoms with Crippen LogP contribution in [0, 0.1) is 0 Å². The molecule has 0 aliphatic rings. The minimum Gasteiger partial charge on any atom is -0.405 e. The maximum absolute atomic E-state index is 10.3. The minimum atomic E-state index is 0.647. The Labute approximate surface area is 76.6 Å². The molecule has 2 N–H and O–H groups in total. The van der Waals surface area contributed by atoms with Crippen molar-refractivity contribution >= 4 is 18.2 Å². The van der Waals surface area contributed by atoms with Crippen molar-refractivity contribution < 1.29 is 4.79 Å². The van der Waals surface area contributed by atoms with Gasteiger partial charge in [0.15, 0.2) is 0 Å². The van der Waals surface area contributed by atoms with Crippen LogP contribution in [0.25, 0.3) is 0 Å². The van der Waals surface area contributed by atoms with Crippen molar-refractivity contribution in [2.75, 3.05) is 0 Å². The first-order valence-electron chi connectivity index (χ1n) is 3.83. The highest BCUT2D eigenvalue weighted by molar-refractivity contribution is 5.77. The fourth-order valence-corrected chi connectivity index (χ4v) is 0.818. The second-order valence-electron chi connectivity index (χ2n) is 2.37. The normalized spacial score (nSPS) is 11.1. The Kier molecular flexibility index (Phi) is 3.45. The molecule has 0 fully saturated rings. The average molecular weight is 174 g/mol. The number of allylic oxidation sites excluding steroid dienone is 1. The predicted molar refractivity (Wildman–Crippen MR) is 53.3 cm³/mol. The molecule has 0 atom stereocenters. The Bertz CT molecular complexity index is 325. The van der Waals surface area contributed by atoms with Gasteiger partial charge in [0, 0.05) is 11.8 Å². The molecule has 0 heterocycles. The lowest BCUT2D eigenvalue weighted by Gasteiger charge is -1.91. The second-order valence-corrected chi connectivity index (χ2v) is 2.37. The molecule has 0 radical (unpaired) electrons. The molecule has 0 bridgehead atoms. The summed E-state index contributed by atoms with van der Waals surface area (Å²) in [4.78, 5) is 14.4. The molecule has 0 amide bonds. The van der Waals surface area contributed by atoms with Crippen LogP contribution in [0.5, 0.6) is 0 Å². The number of benzene rings is 1. The molecule has 1 rings (SSSR count). The van der Waals surface area contributed by atoms with Crippen LogP contribution in [0.1, 0.15) is 10.4 Å². The molecular weight excluding hydrogens is 164 g/mol. The Hall–Kier alpha value is -1.90. The van der Waals surface area contributed by atoms with Gasteiger partial charge in [-0.15, -0.1) is 0 Å². The van der Waals surface area contributed by atoms with Crippen molar-refractivity contribution in [3.05, 3.63) is 42.1 Å². The number of carbonyl (C=O) groups excluding carboxylic acids is 1. The molecule has 0 saturated carbocycles. The lowest BCUT2D eigenvalue weighted by Crippen LogP contribution is -1.77. The molecule has 0 spiro atoms. The third kappa shape index (κ3) is 2.91. The van der Waals surface area contributed by atoms with Crippen LogP contribution in [0.4, 0.5) is 5.69 Å². The first kappa shape index (κ1) is 9.19. The largest absolute Gasteiger partial charge is 0.405 e. The van der Waals surface area contributed by atoms with Gasteiger partial charge in [0.25, 0.3) is 0 Å². The maximum atomic E-state index is 10.3. The van der Waals surface area contributed by atoms with Gasteiger partial charge in [-0.2, -0.15) is 0 Å². The second kappa shape index (κ2) is 4.87. The SMILES string of the molecule is NC=CC=Nc1ccc(C=O)cc1. The van der Waals surface area contributed by atoms with Crippen LogP contribution in [-0.2, 0) is 0 Å². The predicted octanol–water partition coefficient (Wildman–Crippen LogP) is 1.67. The summed E-state index contributed by atoms with van der Waals surface area (Å²) in [5, 5.41) is 0. The molecule has 0 aromatic heterocycles. The Morgan fingerprint density at radius 2 is 1.92 bits per heavy atom. The van der Waals surface area contributed by atoms with E-state index in [1.54, 1.807) is 36.6 Å². The first-order chi connectivity index (χ1) is 6.36. The van der Waals surface area contributed by atoms with Crippen LogP contribution in [0.3, 0.4) is 0 Å². The topological polar surface area (TPSA) is 55.4 Å². The van der Waals surface area contributed by atoms with E-state index in [2.05, 4.69) is 4.99 Å². The average Bonchev–Trinajstić information content (AvgIpc) is 2.19. The summed E-state index contributed by atoms with van der Waals surface area (Å²) in [6.45, 7) is 0. The Balaban J connectivity index is 2.74. The van der Waals surface area contributed by atoms with E-state index in [0.29, 0.717) is 5.56 Å². The van der Waals surface area contributed by atoms with Crippen molar-refractivity contribution in [3.63, 3.8) is 0 Å². The van der Waals surface area contributed by atoms with Gasteiger partial charge >= 0.3 is 0 Å². The van der Waals surface area contributed by atoms with Gasteiger partial charge in [-0.3, -0.25) is 9.79 Å². The zero-order valence-corrected chi connectivity index (χ0v) is 7.05. The van der Waals surface area contributed by atoms with Gasteiger partial charge in [-0.05, 0) is 36.5 Å². The van der Waals surface area contributed by atoms with E-state index in [4.69, 9.17) is 5.73 Å². The maximum Gasteiger partial charge on any atom is 0.150 e. The molecule has 1 aromatic carbocycles. The van der Waals surface area contributed by atoms with Gasteiger partial charge in [-0.1, -0.05) is 0 Å². The van der Waals surface area contributed by atoms with Gasteiger partial charge in [0.05, 0.1) is 5.69 Å². The fourth-order valence-electron chi connectivity index (χ4n) is 0.818. The lowest BCUT2D eigenvalue weighted by atomic mass is 10.2. The number of carbonyl (C=O) groups is 1. The van der Waals surface area contributed by atoms with E-state index in [1.165, 1.54) is 6.20 Å². The minimum absolute atomic E-state index is 0.647. The van der Waals surface area contributed by atoms with Gasteiger partial charge in [0.1, 0.15) is 6.29 Å². The number of hydrogen-bond acceptors (Lipinski definition) is 3. The molecule has 3 heteroatoms. The third-order valence-corrected chi connectivity index (χ3v) is 1.45. The van der Waals surface area contributed by atoms with Crippen molar-refractivity contribution in [3.8, 4) is 0 Å². The van der Waals surface area contributed by atoms with Crippen molar-refractivity contribution in [1.29, 1.82) is 0 Å². The van der Waals surface area contributed by atoms with Crippen molar-refractivity contribution in [1.82, 2.24) is 0 Å². The summed E-state index contributed by atoms with van der Waals surface area (Å²) in [5.41, 5.74) is 6.56. The van der Waals surface area contributed by atoms with E-state index < -0.39 is 0 Å². The molecule has 0 aliphatic heterocycles. The summed E-state index contributed by atoms with van der Waals surface area (Å²) < 4.78 is 0. The van der Waals surface area contributed by atoms with Gasteiger partial charge in [0.2, 0.25) is 0 Å².